The van der Waals surface area contributed by atoms with Gasteiger partial charge in [0, 0.05) is 17.7 Å². The summed E-state index contributed by atoms with van der Waals surface area (Å²) in [4.78, 5) is 16.6. The lowest BCUT2D eigenvalue weighted by Gasteiger charge is -2.04. The van der Waals surface area contributed by atoms with Crippen LogP contribution in [0.5, 0.6) is 0 Å². The molecular weight excluding hydrogens is 320 g/mol. The van der Waals surface area contributed by atoms with Crippen molar-refractivity contribution >= 4 is 44.0 Å². The number of hydrogen-bond donors (Lipinski definition) is 2. The first kappa shape index (κ1) is 14.4. The third kappa shape index (κ3) is 2.85. The molecule has 1 aromatic heterocycles. The molecule has 3 aromatic rings. The Balaban J connectivity index is 1.51. The number of nitriles is 1. The van der Waals surface area contributed by atoms with Crippen LogP contribution < -0.4 is 10.6 Å². The summed E-state index contributed by atoms with van der Waals surface area (Å²) in [6, 6.07) is 14.4. The summed E-state index contributed by atoms with van der Waals surface area (Å²) in [6.45, 7) is 0. The Bertz CT molecular complexity index is 1010. The lowest BCUT2D eigenvalue weighted by Crippen LogP contribution is -2.19. The van der Waals surface area contributed by atoms with Gasteiger partial charge in [0.2, 0.25) is 0 Å². The second kappa shape index (κ2) is 5.80. The van der Waals surface area contributed by atoms with Crippen LogP contribution in [-0.4, -0.2) is 11.0 Å². The van der Waals surface area contributed by atoms with Crippen LogP contribution in [0, 0.1) is 17.8 Å². The molecule has 2 amide bonds. The number of anilines is 2. The van der Waals surface area contributed by atoms with Gasteiger partial charge in [-0.05, 0) is 35.9 Å². The van der Waals surface area contributed by atoms with Crippen LogP contribution in [0.4, 0.5) is 15.6 Å². The standard InChI is InChI=1S/C18H11N4OS/c19-10-11-4-8-13(9-5-11)20-17(23)22-18-21-16-14(12-6-7-12)2-1-3-15(16)24-18/h1-9H,(H2,20,21,22,23). The van der Waals surface area contributed by atoms with Crippen LogP contribution in [0.1, 0.15) is 11.1 Å². The van der Waals surface area contributed by atoms with E-state index in [4.69, 9.17) is 5.26 Å². The van der Waals surface area contributed by atoms with Gasteiger partial charge in [-0.25, -0.2) is 9.78 Å². The number of nitrogens with one attached hydrogen (secondary N) is 2. The van der Waals surface area contributed by atoms with Gasteiger partial charge in [-0.3, -0.25) is 5.32 Å². The molecule has 1 aliphatic rings. The van der Waals surface area contributed by atoms with E-state index in [1.54, 1.807) is 24.3 Å². The van der Waals surface area contributed by atoms with Gasteiger partial charge in [0.1, 0.15) is 0 Å². The second-order valence-electron chi connectivity index (χ2n) is 5.23. The Hall–Kier alpha value is -3.17. The maximum absolute atomic E-state index is 12.1. The number of para-hydroxylation sites is 1. The van der Waals surface area contributed by atoms with Crippen LogP contribution in [0.25, 0.3) is 15.8 Å². The molecule has 6 heteroatoms. The third-order valence-corrected chi connectivity index (χ3v) is 4.49. The molecule has 0 spiro atoms. The van der Waals surface area contributed by atoms with Crippen LogP contribution in [0.15, 0.2) is 48.5 Å². The molecule has 0 fully saturated rings. The summed E-state index contributed by atoms with van der Waals surface area (Å²) < 4.78 is 1.03. The molecule has 0 saturated heterocycles. The number of thiazole rings is 1. The van der Waals surface area contributed by atoms with Crippen molar-refractivity contribution in [1.82, 2.24) is 4.98 Å². The number of carbonyl (C=O) groups excluding carboxylic acids is 1. The van der Waals surface area contributed by atoms with E-state index in [1.807, 2.05) is 36.8 Å². The molecule has 5 nitrogen and oxygen atoms in total. The number of carbonyl (C=O) groups is 1. The normalized spacial score (nSPS) is 12.4. The van der Waals surface area contributed by atoms with Crippen LogP contribution in [0.2, 0.25) is 0 Å². The molecular formula is C18H11N4OS. The molecule has 1 aliphatic carbocycles. The smallest absolute Gasteiger partial charge is 0.308 e. The lowest BCUT2D eigenvalue weighted by molar-refractivity contribution is 0.262. The number of nitrogens with zero attached hydrogens (tertiary/aromatic N) is 2. The van der Waals surface area contributed by atoms with Crippen molar-refractivity contribution in [2.45, 2.75) is 0 Å². The first-order chi connectivity index (χ1) is 11.7. The molecule has 2 aromatic carbocycles. The van der Waals surface area contributed by atoms with E-state index in [2.05, 4.69) is 15.6 Å². The van der Waals surface area contributed by atoms with E-state index in [0.717, 1.165) is 15.8 Å². The van der Waals surface area contributed by atoms with Crippen molar-refractivity contribution in [1.29, 1.82) is 5.26 Å². The van der Waals surface area contributed by atoms with Gasteiger partial charge in [-0.2, -0.15) is 5.26 Å². The fourth-order valence-electron chi connectivity index (χ4n) is 2.34. The largest absolute Gasteiger partial charge is 0.325 e. The van der Waals surface area contributed by atoms with Crippen molar-refractivity contribution in [3.63, 3.8) is 0 Å². The molecule has 0 atom stereocenters. The zero-order valence-corrected chi connectivity index (χ0v) is 13.2. The van der Waals surface area contributed by atoms with Gasteiger partial charge >= 0.3 is 6.03 Å². The quantitative estimate of drug-likeness (QED) is 0.746. The van der Waals surface area contributed by atoms with Crippen molar-refractivity contribution in [3.8, 4) is 6.07 Å². The number of amides is 2. The van der Waals surface area contributed by atoms with Gasteiger partial charge in [-0.1, -0.05) is 29.5 Å². The second-order valence-corrected chi connectivity index (χ2v) is 6.26. The summed E-state index contributed by atoms with van der Waals surface area (Å²) in [5, 5.41) is 14.8. The number of urea groups is 1. The number of hydrogen-bond acceptors (Lipinski definition) is 4. The van der Waals surface area contributed by atoms with E-state index in [0.29, 0.717) is 16.4 Å². The van der Waals surface area contributed by atoms with E-state index in [9.17, 15) is 4.79 Å². The maximum atomic E-state index is 12.1. The minimum Gasteiger partial charge on any atom is -0.308 e. The topological polar surface area (TPSA) is 77.8 Å². The van der Waals surface area contributed by atoms with Gasteiger partial charge in [0.05, 0.1) is 21.8 Å². The summed E-state index contributed by atoms with van der Waals surface area (Å²) in [7, 11) is 0. The number of fused-ring (bicyclic) bond motifs is 1. The molecule has 1 radical (unpaired) electrons. The molecule has 4 rings (SSSR count). The average molecular weight is 331 g/mol. The predicted octanol–water partition coefficient (Wildman–Crippen LogP) is 4.41. The van der Waals surface area contributed by atoms with Gasteiger partial charge in [0.25, 0.3) is 0 Å². The van der Waals surface area contributed by atoms with Crippen molar-refractivity contribution in [2.75, 3.05) is 10.6 Å². The van der Waals surface area contributed by atoms with Crippen LogP contribution in [-0.2, 0) is 0 Å². The van der Waals surface area contributed by atoms with E-state index < -0.39 is 0 Å². The SMILES string of the molecule is N#Cc1ccc(NC(=O)Nc2nc3c(C4=C[CH]4)cccc3s2)cc1. The molecule has 0 aliphatic heterocycles. The van der Waals surface area contributed by atoms with Gasteiger partial charge in [0.15, 0.2) is 5.13 Å². The first-order valence-corrected chi connectivity index (χ1v) is 8.08. The molecule has 115 valence electrons. The number of benzene rings is 2. The highest BCUT2D eigenvalue weighted by atomic mass is 32.1. The van der Waals surface area contributed by atoms with Crippen LogP contribution in [0.3, 0.4) is 0 Å². The summed E-state index contributed by atoms with van der Waals surface area (Å²) in [5.74, 6) is 0. The summed E-state index contributed by atoms with van der Waals surface area (Å²) in [6.07, 6.45) is 4.08. The number of rotatable bonds is 3. The lowest BCUT2D eigenvalue weighted by atomic mass is 10.1. The van der Waals surface area contributed by atoms with E-state index in [1.165, 1.54) is 16.9 Å². The molecule has 1 heterocycles. The van der Waals surface area contributed by atoms with Gasteiger partial charge < -0.3 is 5.32 Å². The van der Waals surface area contributed by atoms with Crippen molar-refractivity contribution < 1.29 is 4.79 Å². The average Bonchev–Trinajstić information content (AvgIpc) is 3.35. The molecule has 0 bridgehead atoms. The zero-order chi connectivity index (χ0) is 16.5. The monoisotopic (exact) mass is 331 g/mol. The Morgan fingerprint density at radius 1 is 1.12 bits per heavy atom. The molecule has 0 saturated carbocycles. The highest BCUT2D eigenvalue weighted by Crippen LogP contribution is 2.37. The Kier molecular flexibility index (Phi) is 3.48. The van der Waals surface area contributed by atoms with Crippen molar-refractivity contribution in [2.24, 2.45) is 0 Å². The minimum atomic E-state index is -0.363. The van der Waals surface area contributed by atoms with E-state index in [-0.39, 0.29) is 6.03 Å². The highest BCUT2D eigenvalue weighted by molar-refractivity contribution is 7.22. The van der Waals surface area contributed by atoms with Crippen LogP contribution >= 0.6 is 11.3 Å². The van der Waals surface area contributed by atoms with Crippen molar-refractivity contribution in [3.05, 3.63) is 66.1 Å². The molecule has 24 heavy (non-hydrogen) atoms. The summed E-state index contributed by atoms with van der Waals surface area (Å²) >= 11 is 1.43. The fraction of sp³-hybridized carbons (Fsp3) is 0. The zero-order valence-electron chi connectivity index (χ0n) is 12.4. The third-order valence-electron chi connectivity index (χ3n) is 3.56. The fourth-order valence-corrected chi connectivity index (χ4v) is 3.23. The minimum absolute atomic E-state index is 0.363. The molecule has 0 unspecified atom stereocenters. The predicted molar refractivity (Wildman–Crippen MR) is 95.7 cm³/mol. The highest BCUT2D eigenvalue weighted by Gasteiger charge is 2.17. The maximum Gasteiger partial charge on any atom is 0.325 e. The summed E-state index contributed by atoms with van der Waals surface area (Å²) in [5.41, 5.74) is 4.33. The molecule has 2 N–H and O–H groups in total. The van der Waals surface area contributed by atoms with Gasteiger partial charge in [-0.15, -0.1) is 0 Å². The Morgan fingerprint density at radius 3 is 2.62 bits per heavy atom. The Labute approximate surface area is 142 Å². The number of aromatic nitrogens is 1. The Morgan fingerprint density at radius 2 is 1.92 bits per heavy atom. The van der Waals surface area contributed by atoms with E-state index >= 15 is 0 Å². The first-order valence-electron chi connectivity index (χ1n) is 7.26. The number of allylic oxidation sites excluding steroid dienone is 2.